The zero-order valence-electron chi connectivity index (χ0n) is 16.6. The smallest absolute Gasteiger partial charge is 0.191 e. The number of nitrogens with zero attached hydrogens (tertiary/aromatic N) is 1. The third kappa shape index (κ3) is 6.73. The molecule has 0 radical (unpaired) electrons. The van der Waals surface area contributed by atoms with Gasteiger partial charge in [-0.2, -0.15) is 0 Å². The molecule has 1 aromatic heterocycles. The molecule has 9 heteroatoms. The predicted octanol–water partition coefficient (Wildman–Crippen LogP) is 2.10. The first-order chi connectivity index (χ1) is 11.3. The van der Waals surface area contributed by atoms with Gasteiger partial charge in [-0.1, -0.05) is 0 Å². The van der Waals surface area contributed by atoms with Crippen LogP contribution in [0.15, 0.2) is 15.5 Å². The van der Waals surface area contributed by atoms with Crippen LogP contribution in [0.3, 0.4) is 0 Å². The van der Waals surface area contributed by atoms with Gasteiger partial charge in [-0.15, -0.1) is 24.0 Å². The van der Waals surface area contributed by atoms with Crippen LogP contribution in [0, 0.1) is 13.8 Å². The Bertz CT molecular complexity index is 724. The van der Waals surface area contributed by atoms with Gasteiger partial charge in [0.25, 0.3) is 0 Å². The second-order valence-electron chi connectivity index (χ2n) is 7.18. The van der Waals surface area contributed by atoms with Crippen molar-refractivity contribution in [2.24, 2.45) is 4.99 Å². The predicted molar refractivity (Wildman–Crippen MR) is 116 cm³/mol. The summed E-state index contributed by atoms with van der Waals surface area (Å²) in [6.45, 7) is 11.5. The topological polar surface area (TPSA) is 104 Å². The first-order valence-electron chi connectivity index (χ1n) is 8.32. The molecular weight excluding hydrogens is 469 g/mol. The molecule has 7 nitrogen and oxygen atoms in total. The summed E-state index contributed by atoms with van der Waals surface area (Å²) in [5.74, 6) is 1.87. The van der Waals surface area contributed by atoms with Gasteiger partial charge in [-0.25, -0.2) is 8.42 Å². The van der Waals surface area contributed by atoms with Crippen molar-refractivity contribution in [3.05, 3.63) is 23.2 Å². The largest absolute Gasteiger partial charge is 0.466 e. The quantitative estimate of drug-likeness (QED) is 0.301. The molecule has 0 saturated carbocycles. The van der Waals surface area contributed by atoms with E-state index in [9.17, 15) is 13.5 Å². The number of aliphatic hydroxyl groups is 1. The second kappa shape index (κ2) is 9.41. The number of hydrogen-bond acceptors (Lipinski definition) is 5. The van der Waals surface area contributed by atoms with E-state index >= 15 is 0 Å². The van der Waals surface area contributed by atoms with Crippen molar-refractivity contribution in [2.75, 3.05) is 25.9 Å². The fraction of sp³-hybridized carbons (Fsp3) is 0.706. The highest BCUT2D eigenvalue weighted by Crippen LogP contribution is 2.26. The highest BCUT2D eigenvalue weighted by atomic mass is 127. The van der Waals surface area contributed by atoms with E-state index in [1.54, 1.807) is 20.8 Å². The first kappa shape index (κ1) is 25.2. The van der Waals surface area contributed by atoms with Crippen LogP contribution < -0.4 is 10.6 Å². The number of aryl methyl sites for hydroxylation is 2. The molecule has 0 bridgehead atoms. The van der Waals surface area contributed by atoms with Crippen LogP contribution in [0.25, 0.3) is 0 Å². The molecule has 1 unspecified atom stereocenters. The summed E-state index contributed by atoms with van der Waals surface area (Å²) in [6.07, 6.45) is 1.21. The van der Waals surface area contributed by atoms with Gasteiger partial charge in [0, 0.05) is 18.4 Å². The van der Waals surface area contributed by atoms with E-state index in [2.05, 4.69) is 15.6 Å². The molecule has 0 amide bonds. The maximum atomic E-state index is 11.8. The molecule has 0 spiro atoms. The third-order valence-electron chi connectivity index (χ3n) is 4.19. The summed E-state index contributed by atoms with van der Waals surface area (Å²) in [4.78, 5) is 4.36. The summed E-state index contributed by atoms with van der Waals surface area (Å²) in [5.41, 5.74) is -0.436. The van der Waals surface area contributed by atoms with Crippen LogP contribution in [0.5, 0.6) is 0 Å². The van der Waals surface area contributed by atoms with E-state index in [0.717, 1.165) is 5.76 Å². The van der Waals surface area contributed by atoms with Crippen molar-refractivity contribution >= 4 is 39.8 Å². The second-order valence-corrected chi connectivity index (χ2v) is 9.83. The summed E-state index contributed by atoms with van der Waals surface area (Å²) in [5, 5.41) is 16.9. The van der Waals surface area contributed by atoms with Crippen LogP contribution in [-0.2, 0) is 15.4 Å². The molecule has 1 aromatic rings. The van der Waals surface area contributed by atoms with Gasteiger partial charge < -0.3 is 20.2 Å². The molecule has 1 atom stereocenters. The molecule has 1 rings (SSSR count). The van der Waals surface area contributed by atoms with Gasteiger partial charge >= 0.3 is 0 Å². The van der Waals surface area contributed by atoms with Crippen molar-refractivity contribution in [3.63, 3.8) is 0 Å². The van der Waals surface area contributed by atoms with Gasteiger partial charge in [0.05, 0.1) is 17.8 Å². The number of guanidine groups is 1. The number of halogens is 1. The average Bonchev–Trinajstić information content (AvgIpc) is 2.80. The van der Waals surface area contributed by atoms with Crippen LogP contribution in [0.4, 0.5) is 0 Å². The van der Waals surface area contributed by atoms with Crippen LogP contribution >= 0.6 is 24.0 Å². The lowest BCUT2D eigenvalue weighted by Gasteiger charge is -2.25. The number of rotatable bonds is 7. The van der Waals surface area contributed by atoms with Crippen molar-refractivity contribution in [2.45, 2.75) is 51.9 Å². The van der Waals surface area contributed by atoms with Crippen LogP contribution in [0.2, 0.25) is 0 Å². The van der Waals surface area contributed by atoms with Gasteiger partial charge in [0.2, 0.25) is 0 Å². The van der Waals surface area contributed by atoms with E-state index in [0.29, 0.717) is 23.8 Å². The zero-order chi connectivity index (χ0) is 19.5. The molecule has 152 valence electrons. The maximum absolute atomic E-state index is 11.8. The Balaban J connectivity index is 0.00000625. The molecule has 3 N–H and O–H groups in total. The molecule has 1 heterocycles. The molecule has 0 aromatic carbocycles. The number of aliphatic imine (C=N–C) groups is 1. The minimum absolute atomic E-state index is 0. The van der Waals surface area contributed by atoms with Gasteiger partial charge in [0.1, 0.15) is 17.1 Å². The number of furan rings is 1. The highest BCUT2D eigenvalue weighted by molar-refractivity contribution is 14.0. The van der Waals surface area contributed by atoms with E-state index in [-0.39, 0.29) is 37.1 Å². The Kier molecular flexibility index (Phi) is 9.11. The van der Waals surface area contributed by atoms with Crippen molar-refractivity contribution < 1.29 is 17.9 Å². The zero-order valence-corrected chi connectivity index (χ0v) is 19.8. The van der Waals surface area contributed by atoms with Gasteiger partial charge in [-0.05, 0) is 47.6 Å². The standard InChI is InChI=1S/C17H31N3O4S.HI/c1-8-18-15(19-10-16(4,5)25(7,22)23)20-11-17(6,21)14-9-12(2)24-13(14)3;/h9,21H,8,10-11H2,1-7H3,(H2,18,19,20);1H. The Morgan fingerprint density at radius 2 is 1.85 bits per heavy atom. The first-order valence-corrected chi connectivity index (χ1v) is 10.2. The Hall–Kier alpha value is -0.810. The summed E-state index contributed by atoms with van der Waals surface area (Å²) >= 11 is 0. The number of nitrogens with one attached hydrogen (secondary N) is 2. The molecule has 0 fully saturated rings. The number of hydrogen-bond donors (Lipinski definition) is 3. The number of sulfone groups is 1. The Morgan fingerprint density at radius 1 is 1.27 bits per heavy atom. The highest BCUT2D eigenvalue weighted by Gasteiger charge is 2.31. The lowest BCUT2D eigenvalue weighted by Crippen LogP contribution is -2.45. The SMILES string of the molecule is CCNC(=NCC(C)(C)S(C)(=O)=O)NCC(C)(O)c1cc(C)oc1C.I. The summed E-state index contributed by atoms with van der Waals surface area (Å²) < 4.78 is 28.1. The van der Waals surface area contributed by atoms with Crippen molar-refractivity contribution in [1.82, 2.24) is 10.6 Å². The van der Waals surface area contributed by atoms with E-state index < -0.39 is 20.2 Å². The molecule has 0 aliphatic heterocycles. The fourth-order valence-corrected chi connectivity index (χ4v) is 2.54. The maximum Gasteiger partial charge on any atom is 0.191 e. The molecular formula is C17H32IN3O4S. The Morgan fingerprint density at radius 3 is 2.27 bits per heavy atom. The normalized spacial score (nSPS) is 15.2. The lowest BCUT2D eigenvalue weighted by atomic mass is 9.96. The molecule has 0 saturated heterocycles. The molecule has 26 heavy (non-hydrogen) atoms. The van der Waals surface area contributed by atoms with Gasteiger partial charge in [0.15, 0.2) is 15.8 Å². The van der Waals surface area contributed by atoms with Crippen molar-refractivity contribution in [1.29, 1.82) is 0 Å². The molecule has 0 aliphatic rings. The van der Waals surface area contributed by atoms with Crippen LogP contribution in [-0.4, -0.2) is 50.1 Å². The van der Waals surface area contributed by atoms with Crippen LogP contribution in [0.1, 0.15) is 44.8 Å². The summed E-state index contributed by atoms with van der Waals surface area (Å²) in [7, 11) is -3.23. The van der Waals surface area contributed by atoms with E-state index in [4.69, 9.17) is 4.42 Å². The Labute approximate surface area is 174 Å². The third-order valence-corrected chi connectivity index (χ3v) is 6.32. The van der Waals surface area contributed by atoms with E-state index in [1.165, 1.54) is 6.26 Å². The fourth-order valence-electron chi connectivity index (χ4n) is 2.25. The van der Waals surface area contributed by atoms with Gasteiger partial charge in [-0.3, -0.25) is 4.99 Å². The lowest BCUT2D eigenvalue weighted by molar-refractivity contribution is 0.0601. The minimum atomic E-state index is -3.23. The molecule has 0 aliphatic carbocycles. The summed E-state index contributed by atoms with van der Waals surface area (Å²) in [6, 6.07) is 1.81. The minimum Gasteiger partial charge on any atom is -0.466 e. The monoisotopic (exact) mass is 501 g/mol. The average molecular weight is 501 g/mol. The van der Waals surface area contributed by atoms with Crippen molar-refractivity contribution in [3.8, 4) is 0 Å². The van der Waals surface area contributed by atoms with E-state index in [1.807, 2.05) is 26.8 Å².